The van der Waals surface area contributed by atoms with Gasteiger partial charge < -0.3 is 10.5 Å². The van der Waals surface area contributed by atoms with E-state index in [0.717, 1.165) is 27.6 Å². The van der Waals surface area contributed by atoms with Crippen LogP contribution in [0.15, 0.2) is 60.0 Å². The zero-order chi connectivity index (χ0) is 15.4. The average Bonchev–Trinajstić information content (AvgIpc) is 3.04. The van der Waals surface area contributed by atoms with E-state index in [1.807, 2.05) is 54.8 Å². The van der Waals surface area contributed by atoms with E-state index >= 15 is 0 Å². The van der Waals surface area contributed by atoms with E-state index in [2.05, 4.69) is 17.1 Å². The molecule has 0 amide bonds. The topological polar surface area (TPSA) is 48.1 Å². The third kappa shape index (κ3) is 3.35. The van der Waals surface area contributed by atoms with E-state index in [0.29, 0.717) is 6.61 Å². The van der Waals surface area contributed by atoms with Crippen LogP contribution in [0.5, 0.6) is 5.75 Å². The van der Waals surface area contributed by atoms with Crippen LogP contribution in [0, 0.1) is 0 Å². The van der Waals surface area contributed by atoms with E-state index in [1.54, 1.807) is 11.3 Å². The Balaban J connectivity index is 1.83. The Hall–Kier alpha value is -2.17. The average molecular weight is 310 g/mol. The van der Waals surface area contributed by atoms with Gasteiger partial charge in [0.2, 0.25) is 0 Å². The summed E-state index contributed by atoms with van der Waals surface area (Å²) in [5.74, 6) is 0.841. The van der Waals surface area contributed by atoms with Gasteiger partial charge in [-0.25, -0.2) is 4.98 Å². The lowest BCUT2D eigenvalue weighted by Gasteiger charge is -2.10. The maximum absolute atomic E-state index is 5.98. The van der Waals surface area contributed by atoms with E-state index in [9.17, 15) is 0 Å². The molecule has 22 heavy (non-hydrogen) atoms. The molecule has 0 saturated heterocycles. The van der Waals surface area contributed by atoms with Gasteiger partial charge >= 0.3 is 0 Å². The van der Waals surface area contributed by atoms with Gasteiger partial charge in [-0.1, -0.05) is 42.5 Å². The Bertz CT molecular complexity index is 738. The first-order valence-electron chi connectivity index (χ1n) is 7.21. The number of nitrogens with zero attached hydrogens (tertiary/aromatic N) is 1. The summed E-state index contributed by atoms with van der Waals surface area (Å²) in [5, 5.41) is 2.97. The van der Waals surface area contributed by atoms with Gasteiger partial charge in [0, 0.05) is 10.9 Å². The molecule has 112 valence electrons. The molecule has 2 aromatic carbocycles. The molecular formula is C18H18N2OS. The zero-order valence-corrected chi connectivity index (χ0v) is 13.2. The predicted molar refractivity (Wildman–Crippen MR) is 90.9 cm³/mol. The van der Waals surface area contributed by atoms with Crippen molar-refractivity contribution in [1.82, 2.24) is 4.98 Å². The number of para-hydroxylation sites is 1. The SMILES string of the molecule is CC(N)c1nc(-c2ccccc2OCc2ccccc2)cs1. The second kappa shape index (κ2) is 6.73. The first kappa shape index (κ1) is 14.8. The summed E-state index contributed by atoms with van der Waals surface area (Å²) in [6.45, 7) is 2.49. The summed E-state index contributed by atoms with van der Waals surface area (Å²) >= 11 is 1.58. The van der Waals surface area contributed by atoms with Crippen LogP contribution in [-0.2, 0) is 6.61 Å². The normalized spacial score (nSPS) is 12.1. The van der Waals surface area contributed by atoms with Crippen LogP contribution in [0.25, 0.3) is 11.3 Å². The van der Waals surface area contributed by atoms with Crippen LogP contribution in [0.1, 0.15) is 23.5 Å². The molecule has 1 heterocycles. The number of benzene rings is 2. The minimum absolute atomic E-state index is 0.0452. The molecule has 3 rings (SSSR count). The van der Waals surface area contributed by atoms with Gasteiger partial charge in [-0.3, -0.25) is 0 Å². The molecule has 0 spiro atoms. The number of ether oxygens (including phenoxy) is 1. The highest BCUT2D eigenvalue weighted by Crippen LogP contribution is 2.32. The number of thiazole rings is 1. The van der Waals surface area contributed by atoms with Crippen LogP contribution < -0.4 is 10.5 Å². The van der Waals surface area contributed by atoms with Crippen molar-refractivity contribution in [2.45, 2.75) is 19.6 Å². The Morgan fingerprint density at radius 2 is 1.82 bits per heavy atom. The summed E-state index contributed by atoms with van der Waals surface area (Å²) < 4.78 is 5.98. The quantitative estimate of drug-likeness (QED) is 0.759. The number of hydrogen-bond acceptors (Lipinski definition) is 4. The van der Waals surface area contributed by atoms with Gasteiger partial charge in [-0.2, -0.15) is 0 Å². The van der Waals surface area contributed by atoms with Gasteiger partial charge in [0.25, 0.3) is 0 Å². The van der Waals surface area contributed by atoms with Crippen molar-refractivity contribution in [3.63, 3.8) is 0 Å². The van der Waals surface area contributed by atoms with Crippen molar-refractivity contribution in [3.8, 4) is 17.0 Å². The molecule has 0 bridgehead atoms. The molecule has 4 heteroatoms. The lowest BCUT2D eigenvalue weighted by Crippen LogP contribution is -2.04. The molecule has 0 radical (unpaired) electrons. The van der Waals surface area contributed by atoms with E-state index in [-0.39, 0.29) is 6.04 Å². The molecule has 0 aliphatic rings. The monoisotopic (exact) mass is 310 g/mol. The zero-order valence-electron chi connectivity index (χ0n) is 12.4. The maximum atomic E-state index is 5.98. The number of hydrogen-bond donors (Lipinski definition) is 1. The highest BCUT2D eigenvalue weighted by Gasteiger charge is 2.11. The van der Waals surface area contributed by atoms with Crippen LogP contribution in [0.2, 0.25) is 0 Å². The van der Waals surface area contributed by atoms with Crippen molar-refractivity contribution in [1.29, 1.82) is 0 Å². The van der Waals surface area contributed by atoms with Gasteiger partial charge in [0.05, 0.1) is 11.7 Å². The highest BCUT2D eigenvalue weighted by atomic mass is 32.1. The molecule has 0 fully saturated rings. The minimum Gasteiger partial charge on any atom is -0.488 e. The van der Waals surface area contributed by atoms with Crippen molar-refractivity contribution >= 4 is 11.3 Å². The van der Waals surface area contributed by atoms with Crippen LogP contribution in [0.3, 0.4) is 0 Å². The van der Waals surface area contributed by atoms with E-state index < -0.39 is 0 Å². The van der Waals surface area contributed by atoms with E-state index in [1.165, 1.54) is 0 Å². The lowest BCUT2D eigenvalue weighted by atomic mass is 10.1. The summed E-state index contributed by atoms with van der Waals surface area (Å²) in [6.07, 6.45) is 0. The fourth-order valence-corrected chi connectivity index (χ4v) is 2.94. The first-order valence-corrected chi connectivity index (χ1v) is 8.09. The second-order valence-electron chi connectivity index (χ2n) is 5.13. The highest BCUT2D eigenvalue weighted by molar-refractivity contribution is 7.10. The molecule has 3 nitrogen and oxygen atoms in total. The van der Waals surface area contributed by atoms with Crippen molar-refractivity contribution in [3.05, 3.63) is 70.5 Å². The van der Waals surface area contributed by atoms with E-state index in [4.69, 9.17) is 10.5 Å². The summed E-state index contributed by atoms with van der Waals surface area (Å²) in [6, 6.07) is 18.1. The Morgan fingerprint density at radius 1 is 1.09 bits per heavy atom. The van der Waals surface area contributed by atoms with Crippen molar-refractivity contribution < 1.29 is 4.74 Å². The molecule has 0 aliphatic carbocycles. The predicted octanol–water partition coefficient (Wildman–Crippen LogP) is 4.41. The van der Waals surface area contributed by atoms with Gasteiger partial charge in [-0.05, 0) is 24.6 Å². The van der Waals surface area contributed by atoms with Gasteiger partial charge in [-0.15, -0.1) is 11.3 Å². The second-order valence-corrected chi connectivity index (χ2v) is 6.02. The van der Waals surface area contributed by atoms with Crippen molar-refractivity contribution in [2.24, 2.45) is 5.73 Å². The molecule has 1 aromatic heterocycles. The molecule has 0 aliphatic heterocycles. The Labute approximate surface area is 134 Å². The molecular weight excluding hydrogens is 292 g/mol. The first-order chi connectivity index (χ1) is 10.7. The number of rotatable bonds is 5. The number of nitrogens with two attached hydrogens (primary N) is 1. The fraction of sp³-hybridized carbons (Fsp3) is 0.167. The summed E-state index contributed by atoms with van der Waals surface area (Å²) in [4.78, 5) is 4.61. The Morgan fingerprint density at radius 3 is 2.55 bits per heavy atom. The maximum Gasteiger partial charge on any atom is 0.129 e. The van der Waals surface area contributed by atoms with Gasteiger partial charge in [0.15, 0.2) is 0 Å². The largest absolute Gasteiger partial charge is 0.488 e. The standard InChI is InChI=1S/C18H18N2OS/c1-13(19)18-20-16(12-22-18)15-9-5-6-10-17(15)21-11-14-7-3-2-4-8-14/h2-10,12-13H,11,19H2,1H3. The third-order valence-corrected chi connectivity index (χ3v) is 4.36. The lowest BCUT2D eigenvalue weighted by molar-refractivity contribution is 0.307. The number of aromatic nitrogens is 1. The van der Waals surface area contributed by atoms with Crippen LogP contribution in [0.4, 0.5) is 0 Å². The summed E-state index contributed by atoms with van der Waals surface area (Å²) in [5.41, 5.74) is 8.96. The van der Waals surface area contributed by atoms with Crippen molar-refractivity contribution in [2.75, 3.05) is 0 Å². The summed E-state index contributed by atoms with van der Waals surface area (Å²) in [7, 11) is 0. The van der Waals surface area contributed by atoms with Crippen LogP contribution in [-0.4, -0.2) is 4.98 Å². The molecule has 3 aromatic rings. The van der Waals surface area contributed by atoms with Gasteiger partial charge in [0.1, 0.15) is 17.4 Å². The van der Waals surface area contributed by atoms with Crippen LogP contribution >= 0.6 is 11.3 Å². The fourth-order valence-electron chi connectivity index (χ4n) is 2.16. The molecule has 2 N–H and O–H groups in total. The minimum atomic E-state index is -0.0452. The third-order valence-electron chi connectivity index (χ3n) is 3.31. The molecule has 1 unspecified atom stereocenters. The molecule has 1 atom stereocenters. The Kier molecular flexibility index (Phi) is 4.51. The molecule has 0 saturated carbocycles. The smallest absolute Gasteiger partial charge is 0.129 e.